The van der Waals surface area contributed by atoms with E-state index in [-0.39, 0.29) is 6.08 Å². The predicted molar refractivity (Wildman–Crippen MR) is 46.2 cm³/mol. The molecule has 0 bridgehead atoms. The highest BCUT2D eigenvalue weighted by atomic mass is 19.4. The zero-order valence-electron chi connectivity index (χ0n) is 8.82. The molecule has 94 valence electrons. The van der Waals surface area contributed by atoms with Crippen LogP contribution in [0.2, 0.25) is 0 Å². The molecule has 1 N–H and O–H groups in total. The van der Waals surface area contributed by atoms with E-state index in [1.807, 2.05) is 0 Å². The zero-order valence-corrected chi connectivity index (χ0v) is 8.82. The van der Waals surface area contributed by atoms with Gasteiger partial charge in [0.05, 0.1) is 0 Å². The molecule has 7 heteroatoms. The number of carbonyl (C=O) groups excluding carboxylic acids is 1. The molecule has 0 aliphatic rings. The number of allylic oxidation sites excluding steroid dienone is 2. The topological polar surface area (TPSA) is 37.3 Å². The van der Waals surface area contributed by atoms with Gasteiger partial charge in [-0.3, -0.25) is 4.79 Å². The third kappa shape index (κ3) is 3.18. The highest BCUT2D eigenvalue weighted by molar-refractivity contribution is 5.96. The Morgan fingerprint density at radius 1 is 1.06 bits per heavy atom. The molecule has 0 spiro atoms. The maximum atomic E-state index is 12.4. The number of aliphatic hydroxyl groups excluding tert-OH is 1. The Morgan fingerprint density at radius 2 is 1.44 bits per heavy atom. The first-order valence-corrected chi connectivity index (χ1v) is 4.20. The van der Waals surface area contributed by atoms with Gasteiger partial charge in [0, 0.05) is 11.5 Å². The Bertz CT molecular complexity index is 309. The lowest BCUT2D eigenvalue weighted by atomic mass is 9.92. The van der Waals surface area contributed by atoms with Crippen LogP contribution in [0.5, 0.6) is 0 Å². The largest absolute Gasteiger partial charge is 0.512 e. The number of alkyl halides is 5. The molecule has 0 atom stereocenters. The molecule has 16 heavy (non-hydrogen) atoms. The number of aliphatic hydroxyl groups is 1. The lowest BCUT2D eigenvalue weighted by Crippen LogP contribution is -2.43. The monoisotopic (exact) mass is 246 g/mol. The first-order valence-electron chi connectivity index (χ1n) is 4.20. The van der Waals surface area contributed by atoms with Crippen LogP contribution < -0.4 is 0 Å². The third-order valence-corrected chi connectivity index (χ3v) is 1.70. The van der Waals surface area contributed by atoms with Crippen LogP contribution in [0.25, 0.3) is 0 Å². The van der Waals surface area contributed by atoms with Crippen LogP contribution in [0.1, 0.15) is 20.8 Å². The van der Waals surface area contributed by atoms with Gasteiger partial charge in [-0.1, -0.05) is 20.8 Å². The van der Waals surface area contributed by atoms with Crippen molar-refractivity contribution in [3.05, 3.63) is 11.8 Å². The van der Waals surface area contributed by atoms with Crippen LogP contribution in [0.3, 0.4) is 0 Å². The Labute approximate surface area is 88.8 Å². The molecule has 0 rings (SSSR count). The summed E-state index contributed by atoms with van der Waals surface area (Å²) in [6.07, 6.45) is -6.05. The number of halogens is 5. The Balaban J connectivity index is 5.13. The fraction of sp³-hybridized carbons (Fsp3) is 0.667. The van der Waals surface area contributed by atoms with Crippen LogP contribution in [0.4, 0.5) is 22.0 Å². The molecule has 0 aromatic heterocycles. The second-order valence-electron chi connectivity index (χ2n) is 4.22. The zero-order chi connectivity index (χ0) is 13.4. The third-order valence-electron chi connectivity index (χ3n) is 1.70. The van der Waals surface area contributed by atoms with Crippen LogP contribution in [0.15, 0.2) is 11.8 Å². The molecule has 0 radical (unpaired) electrons. The summed E-state index contributed by atoms with van der Waals surface area (Å²) in [5.74, 6) is -8.79. The quantitative estimate of drug-likeness (QED) is 0.461. The maximum absolute atomic E-state index is 12.4. The van der Waals surface area contributed by atoms with Crippen molar-refractivity contribution in [1.29, 1.82) is 0 Å². The molecular formula is C9H11F5O2. The van der Waals surface area contributed by atoms with E-state index in [0.717, 1.165) is 0 Å². The van der Waals surface area contributed by atoms with Gasteiger partial charge >= 0.3 is 12.1 Å². The van der Waals surface area contributed by atoms with Crippen LogP contribution in [-0.2, 0) is 4.79 Å². The van der Waals surface area contributed by atoms with E-state index in [9.17, 15) is 26.7 Å². The van der Waals surface area contributed by atoms with Gasteiger partial charge in [-0.05, 0) is 0 Å². The summed E-state index contributed by atoms with van der Waals surface area (Å²) in [5.41, 5.74) is -1.07. The second kappa shape index (κ2) is 4.03. The van der Waals surface area contributed by atoms with Gasteiger partial charge in [0.25, 0.3) is 0 Å². The number of ketones is 1. The van der Waals surface area contributed by atoms with Crippen molar-refractivity contribution in [2.75, 3.05) is 0 Å². The minimum atomic E-state index is -5.96. The van der Waals surface area contributed by atoms with E-state index in [0.29, 0.717) is 0 Å². The minimum absolute atomic E-state index is 0.0898. The van der Waals surface area contributed by atoms with Crippen molar-refractivity contribution < 1.29 is 31.9 Å². The normalized spacial score (nSPS) is 15.1. The Hall–Kier alpha value is -1.14. The SMILES string of the molecule is CC(C)(C)/C(O)=C/C(=O)C(F)(F)C(F)(F)F. The van der Waals surface area contributed by atoms with Crippen LogP contribution >= 0.6 is 0 Å². The van der Waals surface area contributed by atoms with Crippen molar-refractivity contribution in [3.63, 3.8) is 0 Å². The number of hydrogen-bond acceptors (Lipinski definition) is 2. The molecule has 0 fully saturated rings. The van der Waals surface area contributed by atoms with Gasteiger partial charge in [-0.15, -0.1) is 0 Å². The van der Waals surface area contributed by atoms with E-state index in [4.69, 9.17) is 5.11 Å². The maximum Gasteiger partial charge on any atom is 0.461 e. The van der Waals surface area contributed by atoms with Gasteiger partial charge in [-0.2, -0.15) is 22.0 Å². The molecule has 2 nitrogen and oxygen atoms in total. The summed E-state index contributed by atoms with van der Waals surface area (Å²) >= 11 is 0. The van der Waals surface area contributed by atoms with Crippen molar-refractivity contribution in [3.8, 4) is 0 Å². The van der Waals surface area contributed by atoms with E-state index < -0.39 is 29.1 Å². The minimum Gasteiger partial charge on any atom is -0.512 e. The molecule has 0 aromatic rings. The molecule has 0 saturated heterocycles. The summed E-state index contributed by atoms with van der Waals surface area (Å²) in [6, 6.07) is 0. The average Bonchev–Trinajstić information content (AvgIpc) is 1.99. The Kier molecular flexibility index (Phi) is 3.74. The summed E-state index contributed by atoms with van der Waals surface area (Å²) in [7, 11) is 0. The molecule has 0 aliphatic carbocycles. The number of carbonyl (C=O) groups is 1. The van der Waals surface area contributed by atoms with Gasteiger partial charge in [-0.25, -0.2) is 0 Å². The number of rotatable bonds is 2. The summed E-state index contributed by atoms with van der Waals surface area (Å²) < 4.78 is 60.1. The average molecular weight is 246 g/mol. The molecule has 0 amide bonds. The Morgan fingerprint density at radius 3 is 1.69 bits per heavy atom. The summed E-state index contributed by atoms with van der Waals surface area (Å²) in [4.78, 5) is 10.7. The van der Waals surface area contributed by atoms with Gasteiger partial charge in [0.15, 0.2) is 0 Å². The van der Waals surface area contributed by atoms with E-state index in [2.05, 4.69) is 0 Å². The predicted octanol–water partition coefficient (Wildman–Crippen LogP) is 3.24. The lowest BCUT2D eigenvalue weighted by molar-refractivity contribution is -0.266. The highest BCUT2D eigenvalue weighted by Gasteiger charge is 2.62. The smallest absolute Gasteiger partial charge is 0.461 e. The van der Waals surface area contributed by atoms with E-state index >= 15 is 0 Å². The van der Waals surface area contributed by atoms with E-state index in [1.54, 1.807) is 0 Å². The van der Waals surface area contributed by atoms with E-state index in [1.165, 1.54) is 20.8 Å². The van der Waals surface area contributed by atoms with Gasteiger partial charge in [0.1, 0.15) is 5.76 Å². The first-order chi connectivity index (χ1) is 6.80. The van der Waals surface area contributed by atoms with Crippen molar-refractivity contribution in [1.82, 2.24) is 0 Å². The van der Waals surface area contributed by atoms with Crippen LogP contribution in [0, 0.1) is 5.41 Å². The summed E-state index contributed by atoms with van der Waals surface area (Å²) in [5, 5.41) is 9.12. The molecular weight excluding hydrogens is 235 g/mol. The van der Waals surface area contributed by atoms with Crippen molar-refractivity contribution in [2.45, 2.75) is 32.9 Å². The molecule has 0 aliphatic heterocycles. The fourth-order valence-electron chi connectivity index (χ4n) is 0.571. The summed E-state index contributed by atoms with van der Waals surface area (Å²) in [6.45, 7) is 4.08. The number of hydrogen-bond donors (Lipinski definition) is 1. The molecule has 0 unspecified atom stereocenters. The second-order valence-corrected chi connectivity index (χ2v) is 4.22. The first kappa shape index (κ1) is 14.9. The van der Waals surface area contributed by atoms with Gasteiger partial charge < -0.3 is 5.11 Å². The highest BCUT2D eigenvalue weighted by Crippen LogP contribution is 2.37. The molecule has 0 heterocycles. The van der Waals surface area contributed by atoms with Crippen LogP contribution in [-0.4, -0.2) is 23.0 Å². The standard InChI is InChI=1S/C9H11F5O2/c1-7(2,3)5(15)4-6(16)8(10,11)9(12,13)14/h4,15H,1-3H3/b5-4-. The molecule has 0 saturated carbocycles. The van der Waals surface area contributed by atoms with Gasteiger partial charge in [0.2, 0.25) is 5.78 Å². The lowest BCUT2D eigenvalue weighted by Gasteiger charge is -2.20. The van der Waals surface area contributed by atoms with Crippen molar-refractivity contribution in [2.24, 2.45) is 5.41 Å². The fourth-order valence-corrected chi connectivity index (χ4v) is 0.571. The van der Waals surface area contributed by atoms with Crippen molar-refractivity contribution >= 4 is 5.78 Å². The molecule has 0 aromatic carbocycles.